The fourth-order valence-electron chi connectivity index (χ4n) is 1.29. The van der Waals surface area contributed by atoms with Crippen LogP contribution in [0.2, 0.25) is 0 Å². The van der Waals surface area contributed by atoms with Crippen LogP contribution < -0.4 is 0 Å². The molecule has 2 heterocycles. The van der Waals surface area contributed by atoms with Crippen LogP contribution in [0.5, 0.6) is 0 Å². The Kier molecular flexibility index (Phi) is 2.51. The largest absolute Gasteiger partial charge is 0.264 e. The van der Waals surface area contributed by atoms with Gasteiger partial charge in [0.2, 0.25) is 0 Å². The molecule has 0 N–H and O–H groups in total. The van der Waals surface area contributed by atoms with Crippen LogP contribution in [0.15, 0.2) is 27.5 Å². The van der Waals surface area contributed by atoms with Gasteiger partial charge in [-0.15, -0.1) is 0 Å². The average molecular weight is 257 g/mol. The molecule has 0 unspecified atom stereocenters. The van der Waals surface area contributed by atoms with Crippen molar-refractivity contribution >= 4 is 27.3 Å². The van der Waals surface area contributed by atoms with Crippen LogP contribution in [0.25, 0.3) is 11.3 Å². The summed E-state index contributed by atoms with van der Waals surface area (Å²) in [6.07, 6.45) is 1.84. The molecule has 0 saturated heterocycles. The minimum atomic E-state index is 0.900. The van der Waals surface area contributed by atoms with Crippen molar-refractivity contribution in [3.63, 3.8) is 0 Å². The Labute approximate surface area is 89.3 Å². The van der Waals surface area contributed by atoms with Gasteiger partial charge in [0.15, 0.2) is 0 Å². The summed E-state index contributed by atoms with van der Waals surface area (Å²) in [5.74, 6) is 0. The van der Waals surface area contributed by atoms with E-state index in [2.05, 4.69) is 44.8 Å². The van der Waals surface area contributed by atoms with Crippen molar-refractivity contribution in [2.24, 2.45) is 0 Å². The maximum atomic E-state index is 4.26. The molecule has 0 radical (unpaired) electrons. The molecule has 0 fully saturated rings. The molecule has 2 aromatic heterocycles. The molecule has 0 aliphatic carbocycles. The third-order valence-corrected chi connectivity index (χ3v) is 3.15. The first-order chi connectivity index (χ1) is 6.33. The SMILES string of the molecule is CCn1ncc(Br)c1-c1ccsc1. The predicted molar refractivity (Wildman–Crippen MR) is 58.9 cm³/mol. The molecule has 2 rings (SSSR count). The lowest BCUT2D eigenvalue weighted by Crippen LogP contribution is -1.97. The van der Waals surface area contributed by atoms with Gasteiger partial charge < -0.3 is 0 Å². The number of hydrogen-bond acceptors (Lipinski definition) is 2. The molecular weight excluding hydrogens is 248 g/mol. The third-order valence-electron chi connectivity index (χ3n) is 1.89. The average Bonchev–Trinajstić information content (AvgIpc) is 2.72. The molecule has 0 atom stereocenters. The quantitative estimate of drug-likeness (QED) is 0.806. The zero-order valence-corrected chi connectivity index (χ0v) is 9.60. The van der Waals surface area contributed by atoms with Crippen LogP contribution in [-0.4, -0.2) is 9.78 Å². The number of aromatic nitrogens is 2. The minimum Gasteiger partial charge on any atom is -0.264 e. The van der Waals surface area contributed by atoms with Gasteiger partial charge >= 0.3 is 0 Å². The first kappa shape index (κ1) is 8.97. The summed E-state index contributed by atoms with van der Waals surface area (Å²) >= 11 is 5.20. The zero-order chi connectivity index (χ0) is 9.26. The van der Waals surface area contributed by atoms with Crippen LogP contribution in [0.1, 0.15) is 6.92 Å². The standard InChI is InChI=1S/C9H9BrN2S/c1-2-12-9(8(10)5-11-12)7-3-4-13-6-7/h3-6H,2H2,1H3. The Balaban J connectivity index is 2.55. The van der Waals surface area contributed by atoms with Crippen molar-refractivity contribution in [1.82, 2.24) is 9.78 Å². The Bertz CT molecular complexity index is 392. The van der Waals surface area contributed by atoms with E-state index in [1.807, 2.05) is 10.9 Å². The Hall–Kier alpha value is -0.610. The van der Waals surface area contributed by atoms with Gasteiger partial charge in [-0.2, -0.15) is 16.4 Å². The number of halogens is 1. The van der Waals surface area contributed by atoms with E-state index in [9.17, 15) is 0 Å². The topological polar surface area (TPSA) is 17.8 Å². The number of thiophene rings is 1. The van der Waals surface area contributed by atoms with Crippen molar-refractivity contribution < 1.29 is 0 Å². The van der Waals surface area contributed by atoms with E-state index < -0.39 is 0 Å². The molecule has 0 aliphatic heterocycles. The molecule has 68 valence electrons. The highest BCUT2D eigenvalue weighted by molar-refractivity contribution is 9.10. The van der Waals surface area contributed by atoms with Gasteiger partial charge in [-0.05, 0) is 34.3 Å². The first-order valence-corrected chi connectivity index (χ1v) is 5.80. The lowest BCUT2D eigenvalue weighted by atomic mass is 10.2. The smallest absolute Gasteiger partial charge is 0.0832 e. The molecule has 2 aromatic rings. The van der Waals surface area contributed by atoms with Crippen LogP contribution in [0, 0.1) is 0 Å². The van der Waals surface area contributed by atoms with E-state index in [1.165, 1.54) is 11.3 Å². The van der Waals surface area contributed by atoms with Gasteiger partial charge in [0, 0.05) is 17.5 Å². The molecule has 0 bridgehead atoms. The maximum absolute atomic E-state index is 4.26. The van der Waals surface area contributed by atoms with Crippen LogP contribution >= 0.6 is 27.3 Å². The second kappa shape index (κ2) is 3.64. The fraction of sp³-hybridized carbons (Fsp3) is 0.222. The van der Waals surface area contributed by atoms with E-state index in [-0.39, 0.29) is 0 Å². The Morgan fingerprint density at radius 1 is 1.62 bits per heavy atom. The summed E-state index contributed by atoms with van der Waals surface area (Å²) in [5, 5.41) is 8.48. The van der Waals surface area contributed by atoms with Gasteiger partial charge in [-0.3, -0.25) is 4.68 Å². The lowest BCUT2D eigenvalue weighted by Gasteiger charge is -2.02. The highest BCUT2D eigenvalue weighted by Gasteiger charge is 2.09. The van der Waals surface area contributed by atoms with Gasteiger partial charge in [-0.25, -0.2) is 0 Å². The summed E-state index contributed by atoms with van der Waals surface area (Å²) < 4.78 is 3.05. The molecule has 0 aromatic carbocycles. The van der Waals surface area contributed by atoms with Crippen molar-refractivity contribution in [2.45, 2.75) is 13.5 Å². The van der Waals surface area contributed by atoms with E-state index in [0.717, 1.165) is 11.0 Å². The molecule has 0 saturated carbocycles. The van der Waals surface area contributed by atoms with Crippen molar-refractivity contribution in [3.8, 4) is 11.3 Å². The van der Waals surface area contributed by atoms with Crippen LogP contribution in [-0.2, 0) is 6.54 Å². The first-order valence-electron chi connectivity index (χ1n) is 4.06. The molecule has 13 heavy (non-hydrogen) atoms. The van der Waals surface area contributed by atoms with Gasteiger partial charge in [0.25, 0.3) is 0 Å². The highest BCUT2D eigenvalue weighted by atomic mass is 79.9. The Morgan fingerprint density at radius 2 is 2.46 bits per heavy atom. The normalized spacial score (nSPS) is 10.6. The van der Waals surface area contributed by atoms with Crippen LogP contribution in [0.4, 0.5) is 0 Å². The van der Waals surface area contributed by atoms with Crippen molar-refractivity contribution in [2.75, 3.05) is 0 Å². The molecule has 0 amide bonds. The van der Waals surface area contributed by atoms with E-state index in [0.29, 0.717) is 0 Å². The molecular formula is C9H9BrN2S. The number of aryl methyl sites for hydroxylation is 1. The van der Waals surface area contributed by atoms with E-state index in [4.69, 9.17) is 0 Å². The van der Waals surface area contributed by atoms with Gasteiger partial charge in [0.1, 0.15) is 0 Å². The van der Waals surface area contributed by atoms with E-state index in [1.54, 1.807) is 11.3 Å². The maximum Gasteiger partial charge on any atom is 0.0832 e. The monoisotopic (exact) mass is 256 g/mol. The lowest BCUT2D eigenvalue weighted by molar-refractivity contribution is 0.667. The summed E-state index contributed by atoms with van der Waals surface area (Å²) in [6.45, 7) is 2.99. The highest BCUT2D eigenvalue weighted by Crippen LogP contribution is 2.29. The predicted octanol–water partition coefficient (Wildman–Crippen LogP) is 3.39. The van der Waals surface area contributed by atoms with Crippen molar-refractivity contribution in [1.29, 1.82) is 0 Å². The fourth-order valence-corrected chi connectivity index (χ4v) is 2.45. The number of rotatable bonds is 2. The van der Waals surface area contributed by atoms with Gasteiger partial charge in [-0.1, -0.05) is 0 Å². The summed E-state index contributed by atoms with van der Waals surface area (Å²) in [7, 11) is 0. The van der Waals surface area contributed by atoms with Crippen LogP contribution in [0.3, 0.4) is 0 Å². The minimum absolute atomic E-state index is 0.900. The molecule has 2 nitrogen and oxygen atoms in total. The number of nitrogens with zero attached hydrogens (tertiary/aromatic N) is 2. The summed E-state index contributed by atoms with van der Waals surface area (Å²) in [5.41, 5.74) is 2.40. The zero-order valence-electron chi connectivity index (χ0n) is 7.20. The molecule has 4 heteroatoms. The summed E-state index contributed by atoms with van der Waals surface area (Å²) in [6, 6.07) is 2.11. The van der Waals surface area contributed by atoms with Crippen molar-refractivity contribution in [3.05, 3.63) is 27.5 Å². The third kappa shape index (κ3) is 1.56. The van der Waals surface area contributed by atoms with E-state index >= 15 is 0 Å². The second-order valence-electron chi connectivity index (χ2n) is 2.67. The second-order valence-corrected chi connectivity index (χ2v) is 4.30. The number of hydrogen-bond donors (Lipinski definition) is 0. The summed E-state index contributed by atoms with van der Waals surface area (Å²) in [4.78, 5) is 0. The molecule has 0 spiro atoms. The Morgan fingerprint density at radius 3 is 3.08 bits per heavy atom. The van der Waals surface area contributed by atoms with Gasteiger partial charge in [0.05, 0.1) is 16.4 Å². The molecule has 0 aliphatic rings.